The lowest BCUT2D eigenvalue weighted by Crippen LogP contribution is -1.95. The van der Waals surface area contributed by atoms with Crippen molar-refractivity contribution in [2.24, 2.45) is 0 Å². The molecule has 0 saturated carbocycles. The van der Waals surface area contributed by atoms with Gasteiger partial charge >= 0.3 is 0 Å². The van der Waals surface area contributed by atoms with Crippen LogP contribution in [0.5, 0.6) is 0 Å². The third kappa shape index (κ3) is 1.85. The van der Waals surface area contributed by atoms with E-state index in [1.54, 1.807) is 23.3 Å². The summed E-state index contributed by atoms with van der Waals surface area (Å²) < 4.78 is 1.67. The summed E-state index contributed by atoms with van der Waals surface area (Å²) in [5, 5.41) is 7.93. The van der Waals surface area contributed by atoms with Crippen LogP contribution in [0.4, 0.5) is 0 Å². The molecule has 0 N–H and O–H groups in total. The fraction of sp³-hybridized carbons (Fsp3) is 0.0909. The maximum Gasteiger partial charge on any atom is 0.0979 e. The monoisotopic (exact) mass is 245 g/mol. The maximum absolute atomic E-state index is 5.68. The van der Waals surface area contributed by atoms with Gasteiger partial charge in [-0.2, -0.15) is 0 Å². The molecule has 3 aromatic rings. The summed E-state index contributed by atoms with van der Waals surface area (Å²) in [6, 6.07) is 5.73. The Morgan fingerprint density at radius 1 is 1.12 bits per heavy atom. The highest BCUT2D eigenvalue weighted by molar-refractivity contribution is 6.16. The topological polar surface area (TPSA) is 56.5 Å². The Morgan fingerprint density at radius 3 is 2.71 bits per heavy atom. The van der Waals surface area contributed by atoms with E-state index in [-0.39, 0.29) is 0 Å². The average Bonchev–Trinajstić information content (AvgIpc) is 2.87. The van der Waals surface area contributed by atoms with Gasteiger partial charge in [0, 0.05) is 12.4 Å². The lowest BCUT2D eigenvalue weighted by molar-refractivity contribution is 0.801. The van der Waals surface area contributed by atoms with E-state index in [2.05, 4.69) is 20.3 Å². The molecule has 2 heterocycles. The number of benzene rings is 1. The molecule has 0 bridgehead atoms. The Balaban J connectivity index is 2.11. The molecule has 0 aliphatic rings. The molecule has 6 heteroatoms. The van der Waals surface area contributed by atoms with Crippen molar-refractivity contribution in [1.29, 1.82) is 0 Å². The zero-order valence-corrected chi connectivity index (χ0v) is 9.54. The van der Waals surface area contributed by atoms with Crippen LogP contribution in [-0.2, 0) is 5.88 Å². The predicted octanol–water partition coefficient (Wildman–Crippen LogP) is 1.95. The van der Waals surface area contributed by atoms with Gasteiger partial charge in [0.05, 0.1) is 34.5 Å². The molecule has 0 saturated heterocycles. The fourth-order valence-electron chi connectivity index (χ4n) is 1.58. The summed E-state index contributed by atoms with van der Waals surface area (Å²) in [6.07, 6.45) is 5.13. The smallest absolute Gasteiger partial charge is 0.0979 e. The molecule has 2 aromatic heterocycles. The molecule has 0 aliphatic carbocycles. The van der Waals surface area contributed by atoms with Crippen molar-refractivity contribution in [1.82, 2.24) is 25.0 Å². The molecule has 84 valence electrons. The van der Waals surface area contributed by atoms with Crippen molar-refractivity contribution in [3.8, 4) is 5.69 Å². The van der Waals surface area contributed by atoms with E-state index in [4.69, 9.17) is 11.6 Å². The third-order valence-corrected chi connectivity index (χ3v) is 2.67. The summed E-state index contributed by atoms with van der Waals surface area (Å²) in [5.41, 5.74) is 3.31. The van der Waals surface area contributed by atoms with Gasteiger partial charge in [-0.3, -0.25) is 9.97 Å². The van der Waals surface area contributed by atoms with Crippen molar-refractivity contribution in [3.05, 3.63) is 42.5 Å². The van der Waals surface area contributed by atoms with Gasteiger partial charge in [-0.15, -0.1) is 16.7 Å². The average molecular weight is 246 g/mol. The Bertz CT molecular complexity index is 664. The van der Waals surface area contributed by atoms with Crippen LogP contribution >= 0.6 is 11.6 Å². The van der Waals surface area contributed by atoms with Crippen LogP contribution in [0, 0.1) is 0 Å². The van der Waals surface area contributed by atoms with Crippen molar-refractivity contribution in [2.75, 3.05) is 0 Å². The number of hydrogen-bond donors (Lipinski definition) is 0. The first-order chi connectivity index (χ1) is 8.36. The minimum Gasteiger partial charge on any atom is -0.253 e. The quantitative estimate of drug-likeness (QED) is 0.648. The van der Waals surface area contributed by atoms with Gasteiger partial charge in [-0.1, -0.05) is 5.21 Å². The second kappa shape index (κ2) is 4.10. The molecule has 17 heavy (non-hydrogen) atoms. The Morgan fingerprint density at radius 2 is 1.94 bits per heavy atom. The van der Waals surface area contributed by atoms with Gasteiger partial charge in [-0.25, -0.2) is 4.68 Å². The third-order valence-electron chi connectivity index (χ3n) is 2.40. The van der Waals surface area contributed by atoms with E-state index in [9.17, 15) is 0 Å². The number of hydrogen-bond acceptors (Lipinski definition) is 4. The van der Waals surface area contributed by atoms with Crippen LogP contribution < -0.4 is 0 Å². The summed E-state index contributed by atoms with van der Waals surface area (Å²) >= 11 is 5.68. The molecular formula is C11H8ClN5. The van der Waals surface area contributed by atoms with Crippen molar-refractivity contribution in [2.45, 2.75) is 5.88 Å². The standard InChI is InChI=1S/C11H8ClN5/c12-6-8-7-17(16-15-8)9-1-2-10-11(5-9)14-4-3-13-10/h1-5,7H,6H2. The van der Waals surface area contributed by atoms with Gasteiger partial charge < -0.3 is 0 Å². The van der Waals surface area contributed by atoms with Gasteiger partial charge in [0.15, 0.2) is 0 Å². The fourth-order valence-corrected chi connectivity index (χ4v) is 1.70. The molecule has 0 radical (unpaired) electrons. The predicted molar refractivity (Wildman–Crippen MR) is 64.0 cm³/mol. The highest BCUT2D eigenvalue weighted by atomic mass is 35.5. The van der Waals surface area contributed by atoms with Gasteiger partial charge in [0.2, 0.25) is 0 Å². The minimum absolute atomic E-state index is 0.355. The van der Waals surface area contributed by atoms with Crippen LogP contribution in [0.3, 0.4) is 0 Å². The Kier molecular flexibility index (Phi) is 2.45. The molecular weight excluding hydrogens is 238 g/mol. The second-order valence-electron chi connectivity index (χ2n) is 3.52. The van der Waals surface area contributed by atoms with Gasteiger partial charge in [-0.05, 0) is 18.2 Å². The van der Waals surface area contributed by atoms with E-state index in [1.807, 2.05) is 18.2 Å². The van der Waals surface area contributed by atoms with Crippen LogP contribution in [0.15, 0.2) is 36.8 Å². The van der Waals surface area contributed by atoms with Crippen LogP contribution in [0.1, 0.15) is 5.69 Å². The molecule has 0 unspecified atom stereocenters. The van der Waals surface area contributed by atoms with Crippen LogP contribution in [0.25, 0.3) is 16.7 Å². The lowest BCUT2D eigenvalue weighted by Gasteiger charge is -2.01. The first kappa shape index (κ1) is 10.2. The number of alkyl halides is 1. The number of rotatable bonds is 2. The normalized spacial score (nSPS) is 10.9. The van der Waals surface area contributed by atoms with E-state index in [0.717, 1.165) is 22.4 Å². The zero-order chi connectivity index (χ0) is 11.7. The minimum atomic E-state index is 0.355. The zero-order valence-electron chi connectivity index (χ0n) is 8.79. The van der Waals surface area contributed by atoms with E-state index in [0.29, 0.717) is 5.88 Å². The summed E-state index contributed by atoms with van der Waals surface area (Å²) in [5.74, 6) is 0.355. The number of fused-ring (bicyclic) bond motifs is 1. The molecule has 1 aromatic carbocycles. The molecule has 0 amide bonds. The van der Waals surface area contributed by atoms with Crippen LogP contribution in [-0.4, -0.2) is 25.0 Å². The van der Waals surface area contributed by atoms with Crippen molar-refractivity contribution in [3.63, 3.8) is 0 Å². The first-order valence-corrected chi connectivity index (χ1v) is 5.58. The summed E-state index contributed by atoms with van der Waals surface area (Å²) in [7, 11) is 0. The highest BCUT2D eigenvalue weighted by Crippen LogP contribution is 2.14. The molecule has 0 fully saturated rings. The molecule has 5 nitrogen and oxygen atoms in total. The van der Waals surface area contributed by atoms with Crippen LogP contribution in [0.2, 0.25) is 0 Å². The second-order valence-corrected chi connectivity index (χ2v) is 3.78. The SMILES string of the molecule is ClCc1cn(-c2ccc3nccnc3c2)nn1. The number of halogens is 1. The van der Waals surface area contributed by atoms with Crippen molar-refractivity contribution >= 4 is 22.6 Å². The maximum atomic E-state index is 5.68. The lowest BCUT2D eigenvalue weighted by atomic mass is 10.2. The van der Waals surface area contributed by atoms with Gasteiger partial charge in [0.25, 0.3) is 0 Å². The largest absolute Gasteiger partial charge is 0.253 e. The Hall–Kier alpha value is -2.01. The molecule has 0 atom stereocenters. The first-order valence-electron chi connectivity index (χ1n) is 5.05. The summed E-state index contributed by atoms with van der Waals surface area (Å²) in [6.45, 7) is 0. The van der Waals surface area contributed by atoms with Crippen molar-refractivity contribution < 1.29 is 0 Å². The van der Waals surface area contributed by atoms with Gasteiger partial charge in [0.1, 0.15) is 0 Å². The molecule has 3 rings (SSSR count). The van der Waals surface area contributed by atoms with E-state index in [1.165, 1.54) is 0 Å². The van der Waals surface area contributed by atoms with E-state index >= 15 is 0 Å². The molecule has 0 aliphatic heterocycles. The number of aromatic nitrogens is 5. The van der Waals surface area contributed by atoms with E-state index < -0.39 is 0 Å². The summed E-state index contributed by atoms with van der Waals surface area (Å²) in [4.78, 5) is 8.45. The Labute approximate surface area is 102 Å². The molecule has 0 spiro atoms. The highest BCUT2D eigenvalue weighted by Gasteiger charge is 2.03. The number of nitrogens with zero attached hydrogens (tertiary/aromatic N) is 5.